The van der Waals surface area contributed by atoms with E-state index in [9.17, 15) is 5.11 Å². The molecule has 0 radical (unpaired) electrons. The molecule has 0 aliphatic carbocycles. The fraction of sp³-hybridized carbons (Fsp3) is 0.400. The van der Waals surface area contributed by atoms with Gasteiger partial charge in [0, 0.05) is 30.3 Å². The second kappa shape index (κ2) is 8.39. The van der Waals surface area contributed by atoms with Crippen LogP contribution in [0, 0.1) is 0 Å². The Morgan fingerprint density at radius 3 is 2.56 bits per heavy atom. The average Bonchev–Trinajstić information content (AvgIpc) is 3.51. The molecule has 0 bridgehead atoms. The lowest BCUT2D eigenvalue weighted by molar-refractivity contribution is 0.282. The molecule has 0 spiro atoms. The van der Waals surface area contributed by atoms with E-state index in [0.29, 0.717) is 18.6 Å². The van der Waals surface area contributed by atoms with Gasteiger partial charge in [-0.25, -0.2) is 15.0 Å². The van der Waals surface area contributed by atoms with Crippen LogP contribution in [0.3, 0.4) is 0 Å². The normalized spacial score (nSPS) is 18.7. The SMILES string of the molecule is CCc1nc(Cn2c(-c3ccc(N4[C@@H](C)CC[C@@H]4C)nc3)nc3cc(CO)ccc32)co1. The first kappa shape index (κ1) is 20.7. The Bertz CT molecular complexity index is 1220. The summed E-state index contributed by atoms with van der Waals surface area (Å²) in [5.74, 6) is 2.58. The molecule has 3 aromatic heterocycles. The maximum atomic E-state index is 9.56. The number of imidazole rings is 1. The van der Waals surface area contributed by atoms with E-state index < -0.39 is 0 Å². The van der Waals surface area contributed by atoms with Gasteiger partial charge in [0.05, 0.1) is 29.9 Å². The molecule has 1 saturated heterocycles. The third-order valence-corrected chi connectivity index (χ3v) is 6.44. The number of aryl methyl sites for hydroxylation is 1. The molecule has 2 atom stereocenters. The predicted octanol–water partition coefficient (Wildman–Crippen LogP) is 4.57. The van der Waals surface area contributed by atoms with E-state index in [-0.39, 0.29) is 6.61 Å². The average molecular weight is 432 g/mol. The van der Waals surface area contributed by atoms with Crippen LogP contribution in [0.25, 0.3) is 22.4 Å². The number of hydrogen-bond donors (Lipinski definition) is 1. The van der Waals surface area contributed by atoms with Gasteiger partial charge in [0.1, 0.15) is 17.9 Å². The van der Waals surface area contributed by atoms with Crippen molar-refractivity contribution >= 4 is 16.9 Å². The van der Waals surface area contributed by atoms with Crippen LogP contribution in [-0.4, -0.2) is 36.7 Å². The van der Waals surface area contributed by atoms with Crippen molar-refractivity contribution in [2.24, 2.45) is 0 Å². The maximum Gasteiger partial charge on any atom is 0.193 e. The molecular formula is C25H29N5O2. The van der Waals surface area contributed by atoms with Crippen molar-refractivity contribution in [1.29, 1.82) is 0 Å². The van der Waals surface area contributed by atoms with Crippen molar-refractivity contribution in [3.05, 3.63) is 59.9 Å². The van der Waals surface area contributed by atoms with Crippen molar-refractivity contribution in [2.75, 3.05) is 4.90 Å². The number of aliphatic hydroxyl groups is 1. The van der Waals surface area contributed by atoms with Crippen LogP contribution in [0.5, 0.6) is 0 Å². The molecule has 166 valence electrons. The highest BCUT2D eigenvalue weighted by Crippen LogP contribution is 2.31. The highest BCUT2D eigenvalue weighted by atomic mass is 16.3. The Kier molecular flexibility index (Phi) is 5.43. The first-order chi connectivity index (χ1) is 15.6. The smallest absolute Gasteiger partial charge is 0.193 e. The molecule has 4 heterocycles. The third kappa shape index (κ3) is 3.66. The van der Waals surface area contributed by atoms with Gasteiger partial charge in [-0.15, -0.1) is 0 Å². The van der Waals surface area contributed by atoms with Gasteiger partial charge in [-0.2, -0.15) is 0 Å². The minimum absolute atomic E-state index is 0.0102. The number of rotatable bonds is 6. The van der Waals surface area contributed by atoms with Crippen LogP contribution in [0.2, 0.25) is 0 Å². The number of pyridine rings is 1. The van der Waals surface area contributed by atoms with Crippen molar-refractivity contribution in [2.45, 2.75) is 65.3 Å². The number of aromatic nitrogens is 4. The Morgan fingerprint density at radius 2 is 1.91 bits per heavy atom. The molecule has 1 aromatic carbocycles. The van der Waals surface area contributed by atoms with Crippen molar-refractivity contribution in [1.82, 2.24) is 19.5 Å². The predicted molar refractivity (Wildman–Crippen MR) is 125 cm³/mol. The molecule has 4 aromatic rings. The summed E-state index contributed by atoms with van der Waals surface area (Å²) >= 11 is 0. The number of nitrogens with zero attached hydrogens (tertiary/aromatic N) is 5. The van der Waals surface area contributed by atoms with Gasteiger partial charge in [-0.05, 0) is 56.5 Å². The van der Waals surface area contributed by atoms with E-state index in [2.05, 4.69) is 40.4 Å². The zero-order valence-electron chi connectivity index (χ0n) is 18.8. The second-order valence-electron chi connectivity index (χ2n) is 8.68. The maximum absolute atomic E-state index is 9.56. The minimum Gasteiger partial charge on any atom is -0.449 e. The minimum atomic E-state index is -0.0102. The van der Waals surface area contributed by atoms with Crippen LogP contribution < -0.4 is 4.90 Å². The monoisotopic (exact) mass is 431 g/mol. The lowest BCUT2D eigenvalue weighted by Gasteiger charge is -2.27. The summed E-state index contributed by atoms with van der Waals surface area (Å²) in [6.07, 6.45) is 6.79. The number of benzene rings is 1. The summed E-state index contributed by atoms with van der Waals surface area (Å²) in [6.45, 7) is 7.10. The molecule has 5 rings (SSSR count). The molecule has 7 heteroatoms. The number of hydrogen-bond acceptors (Lipinski definition) is 6. The lowest BCUT2D eigenvalue weighted by Crippen LogP contribution is -2.33. The van der Waals surface area contributed by atoms with Crippen molar-refractivity contribution in [3.63, 3.8) is 0 Å². The van der Waals surface area contributed by atoms with Crippen LogP contribution in [0.15, 0.2) is 47.2 Å². The quantitative estimate of drug-likeness (QED) is 0.482. The molecule has 1 fully saturated rings. The van der Waals surface area contributed by atoms with Gasteiger partial charge >= 0.3 is 0 Å². The van der Waals surface area contributed by atoms with Crippen LogP contribution in [0.1, 0.15) is 50.8 Å². The molecule has 1 aliphatic heterocycles. The molecular weight excluding hydrogens is 402 g/mol. The standard InChI is InChI=1S/C25H29N5O2/c1-4-24-27-20(15-32-24)13-29-22-9-7-18(14-31)11-21(22)28-25(29)19-8-10-23(26-12-19)30-16(2)5-6-17(30)3/h7-12,15-17,31H,4-6,13-14H2,1-3H3/t16-,17-/m0/s1. The van der Waals surface area contributed by atoms with Gasteiger partial charge < -0.3 is 19.0 Å². The number of aliphatic hydroxyl groups excluding tert-OH is 1. The Morgan fingerprint density at radius 1 is 1.09 bits per heavy atom. The van der Waals surface area contributed by atoms with Gasteiger partial charge in [-0.3, -0.25) is 0 Å². The summed E-state index contributed by atoms with van der Waals surface area (Å²) < 4.78 is 7.70. The van der Waals surface area contributed by atoms with Gasteiger partial charge in [0.2, 0.25) is 0 Å². The first-order valence-corrected chi connectivity index (χ1v) is 11.4. The fourth-order valence-corrected chi connectivity index (χ4v) is 4.72. The van der Waals surface area contributed by atoms with Crippen molar-refractivity contribution in [3.8, 4) is 11.4 Å². The van der Waals surface area contributed by atoms with E-state index >= 15 is 0 Å². The molecule has 1 aliphatic rings. The van der Waals surface area contributed by atoms with Crippen LogP contribution in [-0.2, 0) is 19.6 Å². The highest BCUT2D eigenvalue weighted by molar-refractivity contribution is 5.81. The van der Waals surface area contributed by atoms with Gasteiger partial charge in [-0.1, -0.05) is 13.0 Å². The summed E-state index contributed by atoms with van der Waals surface area (Å²) in [4.78, 5) is 16.7. The Balaban J connectivity index is 1.56. The molecule has 0 unspecified atom stereocenters. The highest BCUT2D eigenvalue weighted by Gasteiger charge is 2.28. The van der Waals surface area contributed by atoms with Crippen LogP contribution in [0.4, 0.5) is 5.82 Å². The lowest BCUT2D eigenvalue weighted by atomic mass is 10.2. The Labute approximate surface area is 187 Å². The first-order valence-electron chi connectivity index (χ1n) is 11.4. The fourth-order valence-electron chi connectivity index (χ4n) is 4.72. The largest absolute Gasteiger partial charge is 0.449 e. The zero-order valence-corrected chi connectivity index (χ0v) is 18.8. The van der Waals surface area contributed by atoms with Gasteiger partial charge in [0.25, 0.3) is 0 Å². The summed E-state index contributed by atoms with van der Waals surface area (Å²) in [5, 5.41) is 9.56. The summed E-state index contributed by atoms with van der Waals surface area (Å²) in [6, 6.07) is 11.1. The van der Waals surface area contributed by atoms with Gasteiger partial charge in [0.15, 0.2) is 5.89 Å². The molecule has 1 N–H and O–H groups in total. The van der Waals surface area contributed by atoms with E-state index in [1.54, 1.807) is 6.26 Å². The number of anilines is 1. The molecule has 7 nitrogen and oxygen atoms in total. The molecule has 32 heavy (non-hydrogen) atoms. The second-order valence-corrected chi connectivity index (χ2v) is 8.68. The summed E-state index contributed by atoms with van der Waals surface area (Å²) in [7, 11) is 0. The zero-order chi connectivity index (χ0) is 22.2. The number of fused-ring (bicyclic) bond motifs is 1. The van der Waals surface area contributed by atoms with Crippen molar-refractivity contribution < 1.29 is 9.52 Å². The molecule has 0 amide bonds. The topological polar surface area (TPSA) is 80.2 Å². The Hall–Kier alpha value is -3.19. The van der Waals surface area contributed by atoms with E-state index in [0.717, 1.165) is 51.8 Å². The summed E-state index contributed by atoms with van der Waals surface area (Å²) in [5.41, 5.74) is 4.49. The van der Waals surface area contributed by atoms with E-state index in [1.807, 2.05) is 31.3 Å². The number of oxazole rings is 1. The van der Waals surface area contributed by atoms with Crippen LogP contribution >= 0.6 is 0 Å². The van der Waals surface area contributed by atoms with E-state index in [1.165, 1.54) is 12.8 Å². The van der Waals surface area contributed by atoms with E-state index in [4.69, 9.17) is 14.4 Å². The third-order valence-electron chi connectivity index (χ3n) is 6.44. The molecule has 0 saturated carbocycles.